The first-order valence-electron chi connectivity index (χ1n) is 11.4. The van der Waals surface area contributed by atoms with Crippen molar-refractivity contribution in [3.8, 4) is 0 Å². The van der Waals surface area contributed by atoms with Crippen molar-refractivity contribution < 1.29 is 21.6 Å². The number of unbranched alkanes of at least 4 members (excludes halogenated alkanes) is 1. The van der Waals surface area contributed by atoms with Gasteiger partial charge < -0.3 is 4.90 Å². The Hall–Kier alpha value is -1.12. The lowest BCUT2D eigenvalue weighted by atomic mass is 9.80. The number of benzene rings is 1. The van der Waals surface area contributed by atoms with E-state index in [1.54, 1.807) is 0 Å². The van der Waals surface area contributed by atoms with Crippen molar-refractivity contribution in [3.05, 3.63) is 29.8 Å². The van der Waals surface area contributed by atoms with Gasteiger partial charge in [0, 0.05) is 13.6 Å². The zero-order chi connectivity index (χ0) is 23.1. The van der Waals surface area contributed by atoms with Gasteiger partial charge in [0.1, 0.15) is 0 Å². The first kappa shape index (κ1) is 26.1. The lowest BCUT2D eigenvalue weighted by Gasteiger charge is -2.31. The molecule has 0 aliphatic heterocycles. The second kappa shape index (κ2) is 11.7. The van der Waals surface area contributed by atoms with Crippen molar-refractivity contribution >= 4 is 10.0 Å². The third kappa shape index (κ3) is 7.75. The summed E-state index contributed by atoms with van der Waals surface area (Å²) in [5, 5.41) is 0. The Morgan fingerprint density at radius 3 is 2.00 bits per heavy atom. The van der Waals surface area contributed by atoms with Crippen molar-refractivity contribution in [1.29, 1.82) is 0 Å². The van der Waals surface area contributed by atoms with Gasteiger partial charge in [-0.3, -0.25) is 0 Å². The van der Waals surface area contributed by atoms with Crippen LogP contribution in [0.2, 0.25) is 0 Å². The van der Waals surface area contributed by atoms with Crippen LogP contribution in [-0.2, 0) is 16.2 Å². The highest BCUT2D eigenvalue weighted by molar-refractivity contribution is 7.89. The predicted molar refractivity (Wildman–Crippen MR) is 118 cm³/mol. The molecule has 0 bridgehead atoms. The largest absolute Gasteiger partial charge is 0.416 e. The van der Waals surface area contributed by atoms with Crippen LogP contribution < -0.4 is 0 Å². The summed E-state index contributed by atoms with van der Waals surface area (Å²) in [5.41, 5.74) is -0.843. The second-order valence-electron chi connectivity index (χ2n) is 8.72. The van der Waals surface area contributed by atoms with Gasteiger partial charge in [0.05, 0.1) is 10.5 Å². The number of alkyl halides is 3. The van der Waals surface area contributed by atoms with Gasteiger partial charge >= 0.3 is 6.18 Å². The van der Waals surface area contributed by atoms with Gasteiger partial charge in [0.15, 0.2) is 0 Å². The Bertz CT molecular complexity index is 754. The van der Waals surface area contributed by atoms with E-state index < -0.39 is 21.8 Å². The molecule has 1 aliphatic rings. The molecule has 1 saturated carbocycles. The molecule has 0 heterocycles. The highest BCUT2D eigenvalue weighted by Crippen LogP contribution is 2.33. The maximum Gasteiger partial charge on any atom is 0.416 e. The molecule has 0 atom stereocenters. The lowest BCUT2D eigenvalue weighted by molar-refractivity contribution is -0.137. The summed E-state index contributed by atoms with van der Waals surface area (Å²) in [7, 11) is -2.26. The molecule has 0 saturated heterocycles. The molecule has 2 rings (SSSR count). The number of nitrogens with zero attached hydrogens (tertiary/aromatic N) is 2. The molecule has 0 unspecified atom stereocenters. The van der Waals surface area contributed by atoms with Gasteiger partial charge in [-0.1, -0.05) is 39.5 Å². The fourth-order valence-corrected chi connectivity index (χ4v) is 5.72. The average Bonchev–Trinajstić information content (AvgIpc) is 2.74. The molecule has 0 aromatic heterocycles. The molecule has 8 heteroatoms. The molecule has 178 valence electrons. The number of sulfonamides is 1. The smallest absolute Gasteiger partial charge is 0.304 e. The van der Waals surface area contributed by atoms with Crippen LogP contribution in [0.15, 0.2) is 29.2 Å². The van der Waals surface area contributed by atoms with Crippen LogP contribution in [0.4, 0.5) is 13.2 Å². The van der Waals surface area contributed by atoms with Crippen LogP contribution in [0.3, 0.4) is 0 Å². The average molecular weight is 463 g/mol. The number of rotatable bonds is 11. The van der Waals surface area contributed by atoms with Gasteiger partial charge in [-0.25, -0.2) is 12.7 Å². The maximum atomic E-state index is 12.8. The Balaban J connectivity index is 1.78. The lowest BCUT2D eigenvalue weighted by Crippen LogP contribution is -2.33. The first-order chi connectivity index (χ1) is 14.6. The quantitative estimate of drug-likeness (QED) is 0.399. The summed E-state index contributed by atoms with van der Waals surface area (Å²) in [4.78, 5) is 2.36. The fraction of sp³-hybridized carbons (Fsp3) is 0.739. The summed E-state index contributed by atoms with van der Waals surface area (Å²) >= 11 is 0. The Morgan fingerprint density at radius 2 is 1.48 bits per heavy atom. The summed E-state index contributed by atoms with van der Waals surface area (Å²) < 4.78 is 65.0. The van der Waals surface area contributed by atoms with E-state index in [0.717, 1.165) is 75.5 Å². The van der Waals surface area contributed by atoms with Crippen molar-refractivity contribution in [2.75, 3.05) is 33.2 Å². The van der Waals surface area contributed by atoms with E-state index in [4.69, 9.17) is 0 Å². The van der Waals surface area contributed by atoms with E-state index in [1.165, 1.54) is 30.6 Å². The third-order valence-corrected chi connectivity index (χ3v) is 8.44. The Kier molecular flexibility index (Phi) is 9.83. The van der Waals surface area contributed by atoms with E-state index in [1.807, 2.05) is 0 Å². The van der Waals surface area contributed by atoms with Crippen molar-refractivity contribution in [2.45, 2.75) is 69.9 Å². The minimum Gasteiger partial charge on any atom is -0.304 e. The zero-order valence-electron chi connectivity index (χ0n) is 19.0. The van der Waals surface area contributed by atoms with Gasteiger partial charge in [0.2, 0.25) is 10.0 Å². The maximum absolute atomic E-state index is 12.8. The summed E-state index contributed by atoms with van der Waals surface area (Å²) in [6.07, 6.45) is 3.52. The van der Waals surface area contributed by atoms with E-state index in [2.05, 4.69) is 18.7 Å². The second-order valence-corrected chi connectivity index (χ2v) is 10.8. The van der Waals surface area contributed by atoms with Crippen LogP contribution in [-0.4, -0.2) is 50.8 Å². The third-order valence-electron chi connectivity index (χ3n) is 6.60. The van der Waals surface area contributed by atoms with Crippen LogP contribution >= 0.6 is 0 Å². The molecule has 31 heavy (non-hydrogen) atoms. The first-order valence-corrected chi connectivity index (χ1v) is 12.9. The van der Waals surface area contributed by atoms with Gasteiger partial charge in [-0.05, 0) is 75.0 Å². The monoisotopic (exact) mass is 462 g/mol. The van der Waals surface area contributed by atoms with Crippen molar-refractivity contribution in [3.63, 3.8) is 0 Å². The van der Waals surface area contributed by atoms with Gasteiger partial charge in [0.25, 0.3) is 0 Å². The van der Waals surface area contributed by atoms with Crippen molar-refractivity contribution in [2.24, 2.45) is 11.8 Å². The molecule has 0 spiro atoms. The predicted octanol–water partition coefficient (Wildman–Crippen LogP) is 5.64. The van der Waals surface area contributed by atoms with Crippen LogP contribution in [0.25, 0.3) is 0 Å². The summed E-state index contributed by atoms with van der Waals surface area (Å²) in [5.74, 6) is 1.03. The molecule has 0 N–H and O–H groups in total. The number of halogens is 3. The summed E-state index contributed by atoms with van der Waals surface area (Å²) in [6, 6.07) is 3.74. The highest BCUT2D eigenvalue weighted by Gasteiger charge is 2.32. The molecule has 1 fully saturated rings. The highest BCUT2D eigenvalue weighted by atomic mass is 32.2. The van der Waals surface area contributed by atoms with Crippen LogP contribution in [0.5, 0.6) is 0 Å². The molecule has 0 radical (unpaired) electrons. The Labute approximate surface area is 185 Å². The topological polar surface area (TPSA) is 40.6 Å². The van der Waals surface area contributed by atoms with E-state index in [9.17, 15) is 21.6 Å². The minimum atomic E-state index is -4.47. The van der Waals surface area contributed by atoms with Gasteiger partial charge in [-0.2, -0.15) is 13.2 Å². The van der Waals surface area contributed by atoms with Crippen LogP contribution in [0.1, 0.15) is 64.4 Å². The molecular formula is C23H37F3N2O2S. The normalized spacial score (nSPS) is 20.5. The summed E-state index contributed by atoms with van der Waals surface area (Å²) in [6.45, 7) is 8.17. The number of hydrogen-bond donors (Lipinski definition) is 0. The zero-order valence-corrected chi connectivity index (χ0v) is 19.8. The SMILES string of the molecule is CCN(CC)CCCCC1CCC(CN(C)S(=O)(=O)c2ccc(C(F)(F)F)cc2)CC1. The number of hydrogen-bond acceptors (Lipinski definition) is 3. The molecule has 1 aromatic rings. The van der Waals surface area contributed by atoms with E-state index in [-0.39, 0.29) is 4.90 Å². The standard InChI is InChI=1S/C23H37F3N2O2S/c1-4-28(5-2)17-7-6-8-19-9-11-20(12-10-19)18-27(3)31(29,30)22-15-13-21(14-16-22)23(24,25)26/h13-16,19-20H,4-12,17-18H2,1-3H3. The van der Waals surface area contributed by atoms with Crippen molar-refractivity contribution in [1.82, 2.24) is 9.21 Å². The molecule has 1 aliphatic carbocycles. The molecular weight excluding hydrogens is 425 g/mol. The Morgan fingerprint density at radius 1 is 0.935 bits per heavy atom. The van der Waals surface area contributed by atoms with Gasteiger partial charge in [-0.15, -0.1) is 0 Å². The van der Waals surface area contributed by atoms with E-state index in [0.29, 0.717) is 12.5 Å². The molecule has 0 amide bonds. The fourth-order valence-electron chi connectivity index (χ4n) is 4.47. The van der Waals surface area contributed by atoms with E-state index >= 15 is 0 Å². The molecule has 4 nitrogen and oxygen atoms in total. The minimum absolute atomic E-state index is 0.0927. The molecule has 1 aromatic carbocycles. The van der Waals surface area contributed by atoms with Crippen LogP contribution in [0, 0.1) is 11.8 Å².